The molecule has 1 N–H and O–H groups in total. The van der Waals surface area contributed by atoms with Gasteiger partial charge in [-0.3, -0.25) is 4.79 Å². The van der Waals surface area contributed by atoms with E-state index in [0.29, 0.717) is 29.4 Å². The SMILES string of the molecule is COC(C)(C)CCOc1ccc(Cl)cc1C(=O)N[C@@H](C)c1ccccc1. The Labute approximate surface area is 160 Å². The molecule has 140 valence electrons. The Bertz CT molecular complexity index is 731. The highest BCUT2D eigenvalue weighted by molar-refractivity contribution is 6.31. The fourth-order valence-corrected chi connectivity index (χ4v) is 2.59. The van der Waals surface area contributed by atoms with Crippen molar-refractivity contribution in [2.75, 3.05) is 13.7 Å². The number of benzene rings is 2. The lowest BCUT2D eigenvalue weighted by atomic mass is 10.1. The van der Waals surface area contributed by atoms with Crippen LogP contribution in [0, 0.1) is 0 Å². The minimum absolute atomic E-state index is 0.122. The lowest BCUT2D eigenvalue weighted by Gasteiger charge is -2.23. The van der Waals surface area contributed by atoms with Gasteiger partial charge in [0.1, 0.15) is 5.75 Å². The highest BCUT2D eigenvalue weighted by Gasteiger charge is 2.19. The summed E-state index contributed by atoms with van der Waals surface area (Å²) >= 11 is 6.09. The van der Waals surface area contributed by atoms with Gasteiger partial charge in [-0.15, -0.1) is 0 Å². The summed E-state index contributed by atoms with van der Waals surface area (Å²) in [5, 5.41) is 3.49. The van der Waals surface area contributed by atoms with Gasteiger partial charge in [-0.1, -0.05) is 41.9 Å². The molecule has 0 saturated heterocycles. The van der Waals surface area contributed by atoms with Crippen LogP contribution in [0.5, 0.6) is 5.75 Å². The molecule has 0 saturated carbocycles. The van der Waals surface area contributed by atoms with E-state index >= 15 is 0 Å². The first-order valence-electron chi connectivity index (χ1n) is 8.66. The molecule has 0 unspecified atom stereocenters. The van der Waals surface area contributed by atoms with Crippen LogP contribution < -0.4 is 10.1 Å². The maximum absolute atomic E-state index is 12.7. The number of nitrogens with one attached hydrogen (secondary N) is 1. The molecule has 4 nitrogen and oxygen atoms in total. The molecule has 0 fully saturated rings. The fraction of sp³-hybridized carbons (Fsp3) is 0.381. The van der Waals surface area contributed by atoms with Crippen molar-refractivity contribution in [3.05, 3.63) is 64.7 Å². The Morgan fingerprint density at radius 3 is 2.54 bits per heavy atom. The van der Waals surface area contributed by atoms with E-state index in [-0.39, 0.29) is 17.6 Å². The molecule has 0 aliphatic rings. The van der Waals surface area contributed by atoms with E-state index < -0.39 is 0 Å². The van der Waals surface area contributed by atoms with Gasteiger partial charge in [0.25, 0.3) is 5.91 Å². The summed E-state index contributed by atoms with van der Waals surface area (Å²) < 4.78 is 11.2. The number of methoxy groups -OCH3 is 1. The maximum atomic E-state index is 12.7. The molecule has 2 rings (SSSR count). The average molecular weight is 376 g/mol. The molecule has 0 radical (unpaired) electrons. The molecule has 26 heavy (non-hydrogen) atoms. The Morgan fingerprint density at radius 2 is 1.88 bits per heavy atom. The summed E-state index contributed by atoms with van der Waals surface area (Å²) in [4.78, 5) is 12.7. The first kappa shape index (κ1) is 20.3. The van der Waals surface area contributed by atoms with Crippen LogP contribution in [0.25, 0.3) is 0 Å². The maximum Gasteiger partial charge on any atom is 0.255 e. The minimum Gasteiger partial charge on any atom is -0.493 e. The van der Waals surface area contributed by atoms with E-state index in [1.165, 1.54) is 0 Å². The van der Waals surface area contributed by atoms with Crippen LogP contribution in [0.15, 0.2) is 48.5 Å². The monoisotopic (exact) mass is 375 g/mol. The van der Waals surface area contributed by atoms with Gasteiger partial charge in [-0.25, -0.2) is 0 Å². The molecule has 0 aromatic heterocycles. The molecular formula is C21H26ClNO3. The third-order valence-electron chi connectivity index (χ3n) is 4.35. The van der Waals surface area contributed by atoms with Gasteiger partial charge >= 0.3 is 0 Å². The van der Waals surface area contributed by atoms with Gasteiger partial charge in [0.2, 0.25) is 0 Å². The van der Waals surface area contributed by atoms with Crippen LogP contribution in [0.2, 0.25) is 5.02 Å². The number of amides is 1. The highest BCUT2D eigenvalue weighted by atomic mass is 35.5. The van der Waals surface area contributed by atoms with E-state index in [9.17, 15) is 4.79 Å². The van der Waals surface area contributed by atoms with E-state index in [1.54, 1.807) is 25.3 Å². The molecule has 2 aromatic rings. The van der Waals surface area contributed by atoms with Crippen molar-refractivity contribution >= 4 is 17.5 Å². The van der Waals surface area contributed by atoms with Crippen molar-refractivity contribution < 1.29 is 14.3 Å². The zero-order valence-electron chi connectivity index (χ0n) is 15.7. The highest BCUT2D eigenvalue weighted by Crippen LogP contribution is 2.25. The first-order chi connectivity index (χ1) is 12.3. The Balaban J connectivity index is 2.09. The van der Waals surface area contributed by atoms with E-state index in [2.05, 4.69) is 5.32 Å². The number of halogens is 1. The van der Waals surface area contributed by atoms with Crippen molar-refractivity contribution in [3.63, 3.8) is 0 Å². The summed E-state index contributed by atoms with van der Waals surface area (Å²) in [6, 6.07) is 14.8. The predicted molar refractivity (Wildman–Crippen MR) is 105 cm³/mol. The lowest BCUT2D eigenvalue weighted by Crippen LogP contribution is -2.28. The predicted octanol–water partition coefficient (Wildman–Crippen LogP) is 5.02. The van der Waals surface area contributed by atoms with Crippen molar-refractivity contribution in [3.8, 4) is 5.75 Å². The van der Waals surface area contributed by atoms with E-state index in [1.807, 2.05) is 51.1 Å². The van der Waals surface area contributed by atoms with Crippen molar-refractivity contribution in [2.24, 2.45) is 0 Å². The number of ether oxygens (including phenoxy) is 2. The number of carbonyl (C=O) groups is 1. The second-order valence-electron chi connectivity index (χ2n) is 6.81. The topological polar surface area (TPSA) is 47.6 Å². The van der Waals surface area contributed by atoms with Gasteiger partial charge in [0.05, 0.1) is 23.8 Å². The van der Waals surface area contributed by atoms with E-state index in [0.717, 1.165) is 5.56 Å². The molecule has 1 amide bonds. The molecule has 0 aliphatic carbocycles. The molecule has 0 heterocycles. The van der Waals surface area contributed by atoms with Gasteiger partial charge in [0, 0.05) is 18.6 Å². The van der Waals surface area contributed by atoms with Gasteiger partial charge in [-0.05, 0) is 44.5 Å². The Kier molecular flexibility index (Phi) is 7.06. The van der Waals surface area contributed by atoms with Crippen molar-refractivity contribution in [1.29, 1.82) is 0 Å². The second kappa shape index (κ2) is 9.06. The number of rotatable bonds is 8. The molecule has 0 spiro atoms. The summed E-state index contributed by atoms with van der Waals surface area (Å²) in [7, 11) is 1.67. The standard InChI is InChI=1S/C21H26ClNO3/c1-15(16-8-6-5-7-9-16)23-20(24)18-14-17(22)10-11-19(18)26-13-12-21(2,3)25-4/h5-11,14-15H,12-13H2,1-4H3,(H,23,24)/t15-/m0/s1. The van der Waals surface area contributed by atoms with Crippen LogP contribution in [-0.4, -0.2) is 25.2 Å². The van der Waals surface area contributed by atoms with Crippen LogP contribution in [0.3, 0.4) is 0 Å². The molecule has 1 atom stereocenters. The molecule has 0 bridgehead atoms. The minimum atomic E-state index is -0.281. The smallest absolute Gasteiger partial charge is 0.255 e. The Morgan fingerprint density at radius 1 is 1.19 bits per heavy atom. The van der Waals surface area contributed by atoms with Crippen molar-refractivity contribution in [1.82, 2.24) is 5.32 Å². The summed E-state index contributed by atoms with van der Waals surface area (Å²) in [6.45, 7) is 6.37. The fourth-order valence-electron chi connectivity index (χ4n) is 2.41. The molecule has 5 heteroatoms. The lowest BCUT2D eigenvalue weighted by molar-refractivity contribution is 0.00541. The van der Waals surface area contributed by atoms with Crippen LogP contribution >= 0.6 is 11.6 Å². The largest absolute Gasteiger partial charge is 0.493 e. The zero-order chi connectivity index (χ0) is 19.2. The normalized spacial score (nSPS) is 12.5. The first-order valence-corrected chi connectivity index (χ1v) is 9.03. The number of hydrogen-bond acceptors (Lipinski definition) is 3. The number of hydrogen-bond donors (Lipinski definition) is 1. The average Bonchev–Trinajstić information content (AvgIpc) is 2.63. The van der Waals surface area contributed by atoms with Gasteiger partial charge in [0.15, 0.2) is 0 Å². The van der Waals surface area contributed by atoms with E-state index in [4.69, 9.17) is 21.1 Å². The summed E-state index contributed by atoms with van der Waals surface area (Å²) in [5.41, 5.74) is 1.18. The van der Waals surface area contributed by atoms with Gasteiger partial charge in [-0.2, -0.15) is 0 Å². The third kappa shape index (κ3) is 5.75. The van der Waals surface area contributed by atoms with Crippen LogP contribution in [0.1, 0.15) is 49.2 Å². The summed E-state index contributed by atoms with van der Waals surface area (Å²) in [5.74, 6) is 0.295. The summed E-state index contributed by atoms with van der Waals surface area (Å²) in [6.07, 6.45) is 0.702. The number of carbonyl (C=O) groups excluding carboxylic acids is 1. The van der Waals surface area contributed by atoms with Gasteiger partial charge < -0.3 is 14.8 Å². The zero-order valence-corrected chi connectivity index (χ0v) is 16.5. The van der Waals surface area contributed by atoms with Crippen LogP contribution in [-0.2, 0) is 4.74 Å². The van der Waals surface area contributed by atoms with Crippen LogP contribution in [0.4, 0.5) is 0 Å². The molecular weight excluding hydrogens is 350 g/mol. The third-order valence-corrected chi connectivity index (χ3v) is 4.58. The molecule has 0 aliphatic heterocycles. The quantitative estimate of drug-likeness (QED) is 0.704. The van der Waals surface area contributed by atoms with Crippen molar-refractivity contribution in [2.45, 2.75) is 38.8 Å². The molecule has 2 aromatic carbocycles. The second-order valence-corrected chi connectivity index (χ2v) is 7.25. The Hall–Kier alpha value is -2.04.